The second-order valence-electron chi connectivity index (χ2n) is 8.53. The monoisotopic (exact) mass is 473 g/mol. The molecule has 1 heterocycles. The topological polar surface area (TPSA) is 79.9 Å². The normalized spacial score (nSPS) is 14.6. The van der Waals surface area contributed by atoms with E-state index < -0.39 is 12.1 Å². The van der Waals surface area contributed by atoms with Crippen molar-refractivity contribution < 1.29 is 19.1 Å². The van der Waals surface area contributed by atoms with E-state index in [2.05, 4.69) is 15.5 Å². The van der Waals surface area contributed by atoms with Crippen molar-refractivity contribution in [3.05, 3.63) is 102 Å². The minimum atomic E-state index is -0.788. The number of ether oxygens (including phenoxy) is 2. The molecule has 1 aliphatic rings. The first-order valence-electron chi connectivity index (χ1n) is 11.9. The molecule has 0 radical (unpaired) electrons. The fourth-order valence-corrected chi connectivity index (χ4v) is 3.96. The fraction of sp³-hybridized carbons (Fsp3) is 0.286. The maximum Gasteiger partial charge on any atom is 0.408 e. The van der Waals surface area contributed by atoms with Crippen LogP contribution in [-0.2, 0) is 33.8 Å². The molecule has 4 rings (SSSR count). The second kappa shape index (κ2) is 12.7. The van der Waals surface area contributed by atoms with Gasteiger partial charge in [0.25, 0.3) is 0 Å². The van der Waals surface area contributed by atoms with Gasteiger partial charge in [0.05, 0.1) is 13.2 Å². The summed E-state index contributed by atoms with van der Waals surface area (Å²) in [6, 6.07) is 26.0. The van der Waals surface area contributed by atoms with E-state index in [0.29, 0.717) is 12.1 Å². The molecular formula is C28H31N3O4. The maximum absolute atomic E-state index is 13.2. The molecular weight excluding hydrogens is 442 g/mol. The van der Waals surface area contributed by atoms with E-state index in [9.17, 15) is 9.59 Å². The van der Waals surface area contributed by atoms with Crippen molar-refractivity contribution in [2.75, 3.05) is 31.6 Å². The standard InChI is InChI=1S/C28H31N3O4/c32-27(29-25-13-7-12-24(18-25)20-31-14-16-34-17-15-31)26(19-22-8-3-1-4-9-22)30-28(33)35-21-23-10-5-2-6-11-23/h1-13,18,26H,14-17,19-21H2,(H,29,32)(H,30,33). The number of nitrogens with zero attached hydrogens (tertiary/aromatic N) is 1. The number of nitrogens with one attached hydrogen (secondary N) is 2. The van der Waals surface area contributed by atoms with Crippen LogP contribution in [0.3, 0.4) is 0 Å². The van der Waals surface area contributed by atoms with Crippen LogP contribution in [-0.4, -0.2) is 49.2 Å². The SMILES string of the molecule is O=C(NC(Cc1ccccc1)C(=O)Nc1cccc(CN2CCOCC2)c1)OCc1ccccc1. The van der Waals surface area contributed by atoms with Crippen molar-refractivity contribution in [1.82, 2.24) is 10.2 Å². The molecule has 1 atom stereocenters. The van der Waals surface area contributed by atoms with Crippen molar-refractivity contribution >= 4 is 17.7 Å². The highest BCUT2D eigenvalue weighted by Crippen LogP contribution is 2.15. The summed E-state index contributed by atoms with van der Waals surface area (Å²) in [5, 5.41) is 5.71. The van der Waals surface area contributed by atoms with Crippen LogP contribution in [0.2, 0.25) is 0 Å². The zero-order valence-electron chi connectivity index (χ0n) is 19.7. The first-order valence-corrected chi connectivity index (χ1v) is 11.9. The zero-order valence-corrected chi connectivity index (χ0v) is 19.7. The number of carbonyl (C=O) groups excluding carboxylic acids is 2. The molecule has 0 saturated carbocycles. The molecule has 0 aromatic heterocycles. The van der Waals surface area contributed by atoms with Gasteiger partial charge >= 0.3 is 6.09 Å². The van der Waals surface area contributed by atoms with Gasteiger partial charge in [-0.05, 0) is 28.8 Å². The van der Waals surface area contributed by atoms with E-state index in [1.54, 1.807) is 0 Å². The number of rotatable bonds is 9. The molecule has 0 spiro atoms. The summed E-state index contributed by atoms with van der Waals surface area (Å²) in [4.78, 5) is 28.1. The molecule has 3 aromatic rings. The van der Waals surface area contributed by atoms with Crippen LogP contribution in [0.4, 0.5) is 10.5 Å². The summed E-state index contributed by atoms with van der Waals surface area (Å²) >= 11 is 0. The molecule has 2 N–H and O–H groups in total. The van der Waals surface area contributed by atoms with Gasteiger partial charge in [-0.15, -0.1) is 0 Å². The number of hydrogen-bond acceptors (Lipinski definition) is 5. The molecule has 7 nitrogen and oxygen atoms in total. The van der Waals surface area contributed by atoms with Crippen LogP contribution in [0.25, 0.3) is 0 Å². The third kappa shape index (κ3) is 7.95. The van der Waals surface area contributed by atoms with Gasteiger partial charge in [0.1, 0.15) is 12.6 Å². The summed E-state index contributed by atoms with van der Waals surface area (Å²) in [6.45, 7) is 4.20. The molecule has 0 bridgehead atoms. The number of alkyl carbamates (subject to hydrolysis) is 1. The molecule has 1 fully saturated rings. The molecule has 182 valence electrons. The highest BCUT2D eigenvalue weighted by molar-refractivity contribution is 5.96. The molecule has 0 aliphatic carbocycles. The Morgan fingerprint density at radius 2 is 1.51 bits per heavy atom. The first kappa shape index (κ1) is 24.4. The largest absolute Gasteiger partial charge is 0.445 e. The van der Waals surface area contributed by atoms with E-state index >= 15 is 0 Å². The van der Waals surface area contributed by atoms with Gasteiger partial charge < -0.3 is 20.1 Å². The van der Waals surface area contributed by atoms with Crippen molar-refractivity contribution in [3.8, 4) is 0 Å². The average Bonchev–Trinajstić information content (AvgIpc) is 2.89. The lowest BCUT2D eigenvalue weighted by Crippen LogP contribution is -2.45. The van der Waals surface area contributed by atoms with Crippen LogP contribution in [0.5, 0.6) is 0 Å². The zero-order chi connectivity index (χ0) is 24.3. The van der Waals surface area contributed by atoms with Gasteiger partial charge in [0, 0.05) is 31.7 Å². The highest BCUT2D eigenvalue weighted by Gasteiger charge is 2.22. The quantitative estimate of drug-likeness (QED) is 0.491. The minimum absolute atomic E-state index is 0.135. The van der Waals surface area contributed by atoms with E-state index in [-0.39, 0.29) is 12.5 Å². The van der Waals surface area contributed by atoms with Crippen LogP contribution >= 0.6 is 0 Å². The van der Waals surface area contributed by atoms with Crippen molar-refractivity contribution in [2.45, 2.75) is 25.6 Å². The van der Waals surface area contributed by atoms with Crippen molar-refractivity contribution in [3.63, 3.8) is 0 Å². The Bertz CT molecular complexity index is 1090. The van der Waals surface area contributed by atoms with Crippen LogP contribution in [0.15, 0.2) is 84.9 Å². The second-order valence-corrected chi connectivity index (χ2v) is 8.53. The number of benzene rings is 3. The average molecular weight is 474 g/mol. The van der Waals surface area contributed by atoms with Gasteiger partial charge in [-0.25, -0.2) is 4.79 Å². The van der Waals surface area contributed by atoms with Gasteiger partial charge in [0.15, 0.2) is 0 Å². The Labute approximate surface area is 206 Å². The highest BCUT2D eigenvalue weighted by atomic mass is 16.5. The van der Waals surface area contributed by atoms with E-state index in [1.165, 1.54) is 0 Å². The number of amides is 2. The Morgan fingerprint density at radius 3 is 2.23 bits per heavy atom. The maximum atomic E-state index is 13.2. The lowest BCUT2D eigenvalue weighted by atomic mass is 10.1. The summed E-state index contributed by atoms with van der Waals surface area (Å²) < 4.78 is 10.8. The molecule has 1 aliphatic heterocycles. The Balaban J connectivity index is 1.39. The molecule has 35 heavy (non-hydrogen) atoms. The summed E-state index contributed by atoms with van der Waals surface area (Å²) in [6.07, 6.45) is -0.286. The third-order valence-corrected chi connectivity index (χ3v) is 5.81. The van der Waals surface area contributed by atoms with Crippen molar-refractivity contribution in [2.24, 2.45) is 0 Å². The van der Waals surface area contributed by atoms with Crippen LogP contribution in [0, 0.1) is 0 Å². The number of carbonyl (C=O) groups is 2. The molecule has 7 heteroatoms. The third-order valence-electron chi connectivity index (χ3n) is 5.81. The first-order chi connectivity index (χ1) is 17.2. The predicted octanol–water partition coefficient (Wildman–Crippen LogP) is 4.00. The lowest BCUT2D eigenvalue weighted by molar-refractivity contribution is -0.118. The number of hydrogen-bond donors (Lipinski definition) is 2. The summed E-state index contributed by atoms with van der Waals surface area (Å²) in [5.41, 5.74) is 3.62. The van der Waals surface area contributed by atoms with Gasteiger partial charge in [-0.2, -0.15) is 0 Å². The summed E-state index contributed by atoms with van der Waals surface area (Å²) in [7, 11) is 0. The minimum Gasteiger partial charge on any atom is -0.445 e. The molecule has 3 aromatic carbocycles. The smallest absolute Gasteiger partial charge is 0.408 e. The Kier molecular flexibility index (Phi) is 8.86. The molecule has 1 saturated heterocycles. The lowest BCUT2D eigenvalue weighted by Gasteiger charge is -2.26. The summed E-state index contributed by atoms with van der Waals surface area (Å²) in [5.74, 6) is -0.297. The van der Waals surface area contributed by atoms with Crippen LogP contribution < -0.4 is 10.6 Å². The molecule has 2 amide bonds. The Hall–Kier alpha value is -3.68. The fourth-order valence-electron chi connectivity index (χ4n) is 3.96. The molecule has 1 unspecified atom stereocenters. The van der Waals surface area contributed by atoms with Gasteiger partial charge in [-0.1, -0.05) is 72.8 Å². The van der Waals surface area contributed by atoms with Gasteiger partial charge in [-0.3, -0.25) is 9.69 Å². The van der Waals surface area contributed by atoms with E-state index in [1.807, 2.05) is 84.9 Å². The Morgan fingerprint density at radius 1 is 0.857 bits per heavy atom. The van der Waals surface area contributed by atoms with Crippen LogP contribution in [0.1, 0.15) is 16.7 Å². The van der Waals surface area contributed by atoms with E-state index in [0.717, 1.165) is 49.5 Å². The number of morpholine rings is 1. The van der Waals surface area contributed by atoms with Crippen molar-refractivity contribution in [1.29, 1.82) is 0 Å². The van der Waals surface area contributed by atoms with Gasteiger partial charge in [0.2, 0.25) is 5.91 Å². The predicted molar refractivity (Wildman–Crippen MR) is 135 cm³/mol. The number of anilines is 1. The van der Waals surface area contributed by atoms with E-state index in [4.69, 9.17) is 9.47 Å².